The molecule has 3 nitrogen and oxygen atoms in total. The minimum atomic E-state index is -0.986. The molecule has 0 radical (unpaired) electrons. The number of aryl methyl sites for hydroxylation is 4. The van der Waals surface area contributed by atoms with Crippen molar-refractivity contribution in [1.29, 1.82) is 0 Å². The van der Waals surface area contributed by atoms with Gasteiger partial charge in [-0.1, -0.05) is 45.0 Å². The van der Waals surface area contributed by atoms with Gasteiger partial charge in [-0.25, -0.2) is 4.39 Å². The van der Waals surface area contributed by atoms with E-state index >= 15 is 0 Å². The first-order valence-electron chi connectivity index (χ1n) is 14.9. The molecule has 1 saturated carbocycles. The largest absolute Gasteiger partial charge is 0.494 e. The molecule has 0 bridgehead atoms. The molecule has 210 valence electrons. The van der Waals surface area contributed by atoms with Crippen molar-refractivity contribution in [2.75, 3.05) is 26.2 Å². The molecule has 0 N–H and O–H groups in total. The Morgan fingerprint density at radius 1 is 1.05 bits per heavy atom. The number of pyridine rings is 1. The van der Waals surface area contributed by atoms with Gasteiger partial charge in [-0.3, -0.25) is 9.88 Å². The second kappa shape index (κ2) is 12.6. The summed E-state index contributed by atoms with van der Waals surface area (Å²) in [5.41, 5.74) is 9.71. The third kappa shape index (κ3) is 7.28. The maximum atomic E-state index is 13.5. The minimum Gasteiger partial charge on any atom is -0.494 e. The predicted molar refractivity (Wildman–Crippen MR) is 162 cm³/mol. The highest BCUT2D eigenvalue weighted by Gasteiger charge is 2.45. The van der Waals surface area contributed by atoms with Gasteiger partial charge in [0.15, 0.2) is 0 Å². The van der Waals surface area contributed by atoms with Gasteiger partial charge in [0, 0.05) is 31.5 Å². The van der Waals surface area contributed by atoms with Gasteiger partial charge >= 0.3 is 0 Å². The predicted octanol–water partition coefficient (Wildman–Crippen LogP) is 8.42. The Morgan fingerprint density at radius 3 is 2.44 bits per heavy atom. The van der Waals surface area contributed by atoms with E-state index in [4.69, 9.17) is 4.74 Å². The molecule has 2 atom stereocenters. The molecular formula is C35H47FN2O. The maximum absolute atomic E-state index is 13.5. The first-order chi connectivity index (χ1) is 18.7. The molecule has 1 aliphatic heterocycles. The van der Waals surface area contributed by atoms with Gasteiger partial charge < -0.3 is 4.74 Å². The number of likely N-dealkylation sites (tertiary alicyclic amines) is 1. The maximum Gasteiger partial charge on any atom is 0.133 e. The number of hydrogen-bond acceptors (Lipinski definition) is 3. The van der Waals surface area contributed by atoms with Crippen LogP contribution in [0.2, 0.25) is 0 Å². The van der Waals surface area contributed by atoms with Crippen molar-refractivity contribution >= 4 is 0 Å². The zero-order valence-electron chi connectivity index (χ0n) is 25.1. The van der Waals surface area contributed by atoms with Crippen molar-refractivity contribution in [2.24, 2.45) is 5.92 Å². The van der Waals surface area contributed by atoms with E-state index in [1.165, 1.54) is 46.4 Å². The lowest BCUT2D eigenvalue weighted by Crippen LogP contribution is -2.57. The highest BCUT2D eigenvalue weighted by molar-refractivity contribution is 5.72. The van der Waals surface area contributed by atoms with Crippen molar-refractivity contribution in [3.05, 3.63) is 82.2 Å². The Kier molecular flexibility index (Phi) is 9.48. The number of halogens is 1. The van der Waals surface area contributed by atoms with Crippen LogP contribution >= 0.6 is 0 Å². The summed E-state index contributed by atoms with van der Waals surface area (Å²) < 4.78 is 19.4. The van der Waals surface area contributed by atoms with E-state index in [2.05, 4.69) is 86.2 Å². The van der Waals surface area contributed by atoms with Gasteiger partial charge in [0.25, 0.3) is 0 Å². The zero-order valence-corrected chi connectivity index (χ0v) is 25.1. The Labute approximate surface area is 235 Å². The minimum absolute atomic E-state index is 0.552. The summed E-state index contributed by atoms with van der Waals surface area (Å²) >= 11 is 0. The zero-order chi connectivity index (χ0) is 28.2. The van der Waals surface area contributed by atoms with Crippen molar-refractivity contribution < 1.29 is 9.13 Å². The van der Waals surface area contributed by atoms with Crippen LogP contribution in [0.1, 0.15) is 80.0 Å². The molecule has 2 fully saturated rings. The molecule has 0 spiro atoms. The molecule has 6 rings (SSSR count). The van der Waals surface area contributed by atoms with E-state index in [0.717, 1.165) is 37.0 Å². The molecule has 3 aliphatic rings. The van der Waals surface area contributed by atoms with Crippen molar-refractivity contribution in [2.45, 2.75) is 85.7 Å². The molecule has 2 aromatic carbocycles. The number of nitrogens with zero attached hydrogens (tertiary/aromatic N) is 2. The van der Waals surface area contributed by atoms with E-state index in [1.807, 2.05) is 13.8 Å². The normalized spacial score (nSPS) is 19.9. The molecule has 2 unspecified atom stereocenters. The molecule has 4 heteroatoms. The van der Waals surface area contributed by atoms with Crippen LogP contribution in [0.15, 0.2) is 48.7 Å². The van der Waals surface area contributed by atoms with Crippen LogP contribution in [0.5, 0.6) is 5.75 Å². The summed E-state index contributed by atoms with van der Waals surface area (Å²) in [5.74, 6) is 2.82. The quantitative estimate of drug-likeness (QED) is 0.287. The van der Waals surface area contributed by atoms with Gasteiger partial charge in [-0.15, -0.1) is 0 Å². The summed E-state index contributed by atoms with van der Waals surface area (Å²) in [4.78, 5) is 6.47. The third-order valence-corrected chi connectivity index (χ3v) is 8.09. The lowest BCUT2D eigenvalue weighted by atomic mass is 9.94. The Bertz CT molecular complexity index is 1240. The average Bonchev–Trinajstić information content (AvgIpc) is 3.57. The van der Waals surface area contributed by atoms with Gasteiger partial charge in [0.05, 0.1) is 6.61 Å². The van der Waals surface area contributed by atoms with Gasteiger partial charge in [0.1, 0.15) is 11.4 Å². The molecule has 2 heterocycles. The molecule has 0 amide bonds. The number of hydrogen-bond donors (Lipinski definition) is 0. The van der Waals surface area contributed by atoms with Crippen LogP contribution in [0, 0.1) is 26.7 Å². The summed E-state index contributed by atoms with van der Waals surface area (Å²) in [6.45, 7) is 16.9. The van der Waals surface area contributed by atoms with Crippen LogP contribution in [0.3, 0.4) is 0 Å². The molecule has 3 aromatic rings. The van der Waals surface area contributed by atoms with E-state index in [0.29, 0.717) is 19.7 Å². The lowest BCUT2D eigenvalue weighted by molar-refractivity contribution is -0.0191. The molecule has 2 aliphatic carbocycles. The highest BCUT2D eigenvalue weighted by Crippen LogP contribution is 2.55. The average molecular weight is 531 g/mol. The number of benzene rings is 2. The number of ether oxygens (including phenoxy) is 1. The Hall–Kier alpha value is -2.72. The van der Waals surface area contributed by atoms with Crippen LogP contribution in [-0.2, 0) is 12.8 Å². The Balaban J connectivity index is 0.000000222. The van der Waals surface area contributed by atoms with Crippen LogP contribution in [0.4, 0.5) is 4.39 Å². The smallest absolute Gasteiger partial charge is 0.133 e. The third-order valence-electron chi connectivity index (χ3n) is 8.09. The fraction of sp³-hybridized carbons (Fsp3) is 0.514. The van der Waals surface area contributed by atoms with E-state index in [1.54, 1.807) is 18.1 Å². The van der Waals surface area contributed by atoms with Crippen molar-refractivity contribution in [3.8, 4) is 16.9 Å². The summed E-state index contributed by atoms with van der Waals surface area (Å²) in [6.07, 6.45) is 6.81. The molecular weight excluding hydrogens is 483 g/mol. The molecule has 39 heavy (non-hydrogen) atoms. The fourth-order valence-electron chi connectivity index (χ4n) is 6.21. The highest BCUT2D eigenvalue weighted by atomic mass is 19.1. The van der Waals surface area contributed by atoms with Gasteiger partial charge in [-0.05, 0) is 122 Å². The van der Waals surface area contributed by atoms with Crippen molar-refractivity contribution in [3.63, 3.8) is 0 Å². The first-order valence-corrected chi connectivity index (χ1v) is 14.9. The number of alkyl halides is 1. The van der Waals surface area contributed by atoms with E-state index in [-0.39, 0.29) is 0 Å². The summed E-state index contributed by atoms with van der Waals surface area (Å²) in [6, 6.07) is 15.3. The fourth-order valence-corrected chi connectivity index (χ4v) is 6.21. The van der Waals surface area contributed by atoms with E-state index < -0.39 is 5.67 Å². The van der Waals surface area contributed by atoms with Crippen LogP contribution < -0.4 is 4.74 Å². The van der Waals surface area contributed by atoms with Crippen LogP contribution in [-0.4, -0.2) is 41.8 Å². The number of fused-ring (bicyclic) bond motifs is 3. The molecule has 1 saturated heterocycles. The van der Waals surface area contributed by atoms with E-state index in [9.17, 15) is 4.39 Å². The second-order valence-electron chi connectivity index (χ2n) is 11.6. The SMILES string of the molecule is CC.CCc1cccc(-c2c(C)cc(OCCCN3CC(C)(F)C3)cc2C)c1.Cc1cc2c(cn1)C1CC1C2. The Morgan fingerprint density at radius 2 is 1.77 bits per heavy atom. The van der Waals surface area contributed by atoms with Gasteiger partial charge in [0.2, 0.25) is 0 Å². The summed E-state index contributed by atoms with van der Waals surface area (Å²) in [7, 11) is 0. The first kappa shape index (κ1) is 29.3. The number of aromatic nitrogens is 1. The second-order valence-corrected chi connectivity index (χ2v) is 11.6. The monoisotopic (exact) mass is 530 g/mol. The van der Waals surface area contributed by atoms with Crippen LogP contribution in [0.25, 0.3) is 11.1 Å². The summed E-state index contributed by atoms with van der Waals surface area (Å²) in [5, 5.41) is 0. The lowest BCUT2D eigenvalue weighted by Gasteiger charge is -2.42. The molecule has 1 aromatic heterocycles. The topological polar surface area (TPSA) is 25.4 Å². The number of rotatable bonds is 7. The standard InChI is InChI=1S/C23H30FNO.C10H11N.C2H6/c1-5-19-8-6-9-20(14-19)22-17(2)12-21(13-18(22)3)26-11-7-10-25-15-23(4,24)16-25;1-6-2-7-3-8-4-9(8)10(7)5-11-6;1-2/h6,8-9,12-14H,5,7,10-11,15-16H2,1-4H3;2,5,8-9H,3-4H2,1H3;1-2H3. The van der Waals surface area contributed by atoms with Gasteiger partial charge in [-0.2, -0.15) is 0 Å². The van der Waals surface area contributed by atoms with Crippen molar-refractivity contribution in [1.82, 2.24) is 9.88 Å².